The third-order valence-electron chi connectivity index (χ3n) is 7.91. The summed E-state index contributed by atoms with van der Waals surface area (Å²) in [5, 5.41) is 10.1. The third-order valence-corrected chi connectivity index (χ3v) is 13.0. The van der Waals surface area contributed by atoms with Gasteiger partial charge in [0.2, 0.25) is 0 Å². The molecule has 2 aliphatic rings. The van der Waals surface area contributed by atoms with Crippen LogP contribution < -0.4 is 19.1 Å². The summed E-state index contributed by atoms with van der Waals surface area (Å²) in [6.07, 6.45) is 0.588. The van der Waals surface area contributed by atoms with E-state index in [1.807, 2.05) is 26.8 Å². The van der Waals surface area contributed by atoms with Crippen molar-refractivity contribution >= 4 is 56.5 Å². The van der Waals surface area contributed by atoms with Crippen molar-refractivity contribution in [1.29, 1.82) is 0 Å². The number of carbonyl (C=O) groups excluding carboxylic acids is 1. The van der Waals surface area contributed by atoms with Crippen LogP contribution in [0.15, 0.2) is 23.1 Å². The zero-order valence-electron chi connectivity index (χ0n) is 24.1. The fourth-order valence-corrected chi connectivity index (χ4v) is 9.41. The number of carboxylic acid groups (broad SMARTS) is 1. The van der Waals surface area contributed by atoms with Crippen LogP contribution >= 0.6 is 0 Å². The van der Waals surface area contributed by atoms with Crippen LogP contribution in [0.2, 0.25) is 14.8 Å². The number of nitrogens with zero attached hydrogens (tertiary/aromatic N) is 6. The Bertz CT molecular complexity index is 1630. The first-order chi connectivity index (χ1) is 18.6. The van der Waals surface area contributed by atoms with Gasteiger partial charge in [-0.25, -0.2) is 0 Å². The van der Waals surface area contributed by atoms with Gasteiger partial charge in [-0.05, 0) is 0 Å². The fraction of sp³-hybridized carbons (Fsp3) is 0.464. The normalized spacial score (nSPS) is 19.4. The van der Waals surface area contributed by atoms with Gasteiger partial charge in [0.25, 0.3) is 0 Å². The first-order valence-corrected chi connectivity index (χ1v) is 23.4. The van der Waals surface area contributed by atoms with Gasteiger partial charge in [0, 0.05) is 0 Å². The summed E-state index contributed by atoms with van der Waals surface area (Å²) in [6.45, 7) is 7.75. The van der Waals surface area contributed by atoms with Crippen molar-refractivity contribution in [3.63, 3.8) is 0 Å². The number of hydrogen-bond acceptors (Lipinski definition) is 6. The zero-order chi connectivity index (χ0) is 29.4. The van der Waals surface area contributed by atoms with Crippen molar-refractivity contribution in [2.75, 3.05) is 29.9 Å². The summed E-state index contributed by atoms with van der Waals surface area (Å²) in [6, 6.07) is 1.97. The molecular weight excluding hydrogens is 622 g/mol. The number of pyridine rings is 3. The topological polar surface area (TPSA) is 112 Å². The molecule has 0 radical (unpaired) electrons. The molecule has 2 atom stereocenters. The standard InChI is InChI=1S/C25H26FN6O4.3CH3.Sn/c1-12(2)18-19(13(3)6-7-27-18)32-22-16(8-15(26)9-28-22)20-21(24(32)34)29(5)23(33)17-11-30(25(35)36)14(4)10-31(17)20;;;;/h6-8,12,14,17H,10-11H2,1-5H3,(H,35,36);3*1H3;/t14-,17-;;;;/m1..../s1. The van der Waals surface area contributed by atoms with Crippen molar-refractivity contribution < 1.29 is 19.1 Å². The van der Waals surface area contributed by atoms with Gasteiger partial charge >= 0.3 is 237 Å². The molecular formula is C28H35FN6O4Sn. The average Bonchev–Trinajstić information content (AvgIpc) is 2.85. The molecule has 10 nitrogen and oxygen atoms in total. The molecule has 0 saturated carbocycles. The number of piperazine rings is 1. The van der Waals surface area contributed by atoms with E-state index in [0.717, 1.165) is 5.56 Å². The molecule has 1 saturated heterocycles. The summed E-state index contributed by atoms with van der Waals surface area (Å²) >= 11 is -3.11. The zero-order valence-corrected chi connectivity index (χ0v) is 27.0. The second-order valence-electron chi connectivity index (χ2n) is 12.1. The van der Waals surface area contributed by atoms with Gasteiger partial charge in [-0.1, -0.05) is 0 Å². The van der Waals surface area contributed by atoms with E-state index < -0.39 is 53.8 Å². The summed E-state index contributed by atoms with van der Waals surface area (Å²) in [7, 11) is 1.52. The van der Waals surface area contributed by atoms with Gasteiger partial charge in [-0.15, -0.1) is 0 Å². The van der Waals surface area contributed by atoms with Crippen LogP contribution in [0.25, 0.3) is 16.7 Å². The molecule has 0 aromatic carbocycles. The van der Waals surface area contributed by atoms with Crippen molar-refractivity contribution in [2.45, 2.75) is 60.5 Å². The van der Waals surface area contributed by atoms with Crippen LogP contribution in [0.1, 0.15) is 37.9 Å². The molecule has 3 aromatic heterocycles. The van der Waals surface area contributed by atoms with Gasteiger partial charge in [-0.2, -0.15) is 0 Å². The molecule has 12 heteroatoms. The van der Waals surface area contributed by atoms with E-state index in [1.54, 1.807) is 18.0 Å². The van der Waals surface area contributed by atoms with Crippen molar-refractivity contribution in [3.05, 3.63) is 45.8 Å². The summed E-state index contributed by atoms with van der Waals surface area (Å²) in [5.74, 6) is -0.844. The monoisotopic (exact) mass is 658 g/mol. The Labute approximate surface area is 236 Å². The molecule has 3 aromatic rings. The molecule has 0 bridgehead atoms. The Morgan fingerprint density at radius 2 is 1.82 bits per heavy atom. The van der Waals surface area contributed by atoms with Crippen LogP contribution in [0.4, 0.5) is 20.6 Å². The number of fused-ring (bicyclic) bond motifs is 5. The van der Waals surface area contributed by atoms with Crippen LogP contribution in [-0.4, -0.2) is 87.1 Å². The number of likely N-dealkylation sites (N-methyl/N-ethyl adjacent to an activating group) is 1. The summed E-state index contributed by atoms with van der Waals surface area (Å²) < 4.78 is 17.8. The fourth-order valence-electron chi connectivity index (χ4n) is 5.90. The number of rotatable bonds is 3. The summed E-state index contributed by atoms with van der Waals surface area (Å²) in [5.41, 5.74) is 2.49. The first-order valence-electron chi connectivity index (χ1n) is 13.4. The van der Waals surface area contributed by atoms with Crippen LogP contribution in [0, 0.1) is 12.7 Å². The molecule has 0 spiro atoms. The molecule has 1 N–H and O–H groups in total. The van der Waals surface area contributed by atoms with Crippen molar-refractivity contribution in [3.8, 4) is 5.69 Å². The second-order valence-corrected chi connectivity index (χ2v) is 26.3. The minimum absolute atomic E-state index is 0.0247. The maximum absolute atomic E-state index is 15.9. The minimum atomic E-state index is -3.11. The third kappa shape index (κ3) is 4.24. The average molecular weight is 657 g/mol. The molecule has 0 aliphatic carbocycles. The van der Waals surface area contributed by atoms with E-state index in [4.69, 9.17) is 4.98 Å². The second kappa shape index (κ2) is 9.70. The Balaban J connectivity index is 1.95. The van der Waals surface area contributed by atoms with Crippen LogP contribution in [0.5, 0.6) is 0 Å². The van der Waals surface area contributed by atoms with E-state index in [9.17, 15) is 19.5 Å². The molecule has 2 aliphatic heterocycles. The maximum atomic E-state index is 15.9. The molecule has 2 amide bonds. The predicted molar refractivity (Wildman–Crippen MR) is 156 cm³/mol. The predicted octanol–water partition coefficient (Wildman–Crippen LogP) is 3.43. The number of hydrogen-bond donors (Lipinski definition) is 1. The Morgan fingerprint density at radius 3 is 2.42 bits per heavy atom. The van der Waals surface area contributed by atoms with Gasteiger partial charge < -0.3 is 0 Å². The first kappa shape index (κ1) is 28.3. The molecule has 0 unspecified atom stereocenters. The van der Waals surface area contributed by atoms with E-state index >= 15 is 4.39 Å². The van der Waals surface area contributed by atoms with Crippen molar-refractivity contribution in [1.82, 2.24) is 19.4 Å². The van der Waals surface area contributed by atoms with Gasteiger partial charge in [0.05, 0.1) is 0 Å². The number of halogens is 1. The Hall–Kier alpha value is -3.22. The summed E-state index contributed by atoms with van der Waals surface area (Å²) in [4.78, 5) is 60.1. The molecule has 40 heavy (non-hydrogen) atoms. The Morgan fingerprint density at radius 1 is 1.15 bits per heavy atom. The van der Waals surface area contributed by atoms with Crippen LogP contribution in [-0.2, 0) is 4.79 Å². The number of aromatic nitrogens is 3. The quantitative estimate of drug-likeness (QED) is 0.430. The number of amides is 2. The van der Waals surface area contributed by atoms with Gasteiger partial charge in [-0.3, -0.25) is 0 Å². The molecule has 5 heterocycles. The SMILES string of the molecule is Cc1ccnc(C(C)C)c1-n1c(=O)c2c(c3cc(F)[c]([Sn]([CH3])([CH3])[CH3])nc31)N1C[C@@H](C)N(C(=O)O)C[C@@H]1C(=O)N2C. The van der Waals surface area contributed by atoms with E-state index in [0.29, 0.717) is 31.8 Å². The number of aryl methyl sites for hydroxylation is 1. The number of anilines is 2. The van der Waals surface area contributed by atoms with Gasteiger partial charge in [0.1, 0.15) is 0 Å². The molecule has 1 fully saturated rings. The van der Waals surface area contributed by atoms with Crippen LogP contribution in [0.3, 0.4) is 0 Å². The van der Waals surface area contributed by atoms with E-state index in [1.165, 1.54) is 27.5 Å². The Kier molecular flexibility index (Phi) is 6.87. The molecule has 5 rings (SSSR count). The number of carbonyl (C=O) groups is 2. The van der Waals surface area contributed by atoms with Gasteiger partial charge in [0.15, 0.2) is 0 Å². The molecule has 212 valence electrons. The van der Waals surface area contributed by atoms with E-state index in [2.05, 4.69) is 19.8 Å². The van der Waals surface area contributed by atoms with E-state index in [-0.39, 0.29) is 24.7 Å². The van der Waals surface area contributed by atoms with Crippen molar-refractivity contribution in [2.24, 2.45) is 0 Å².